The van der Waals surface area contributed by atoms with Crippen molar-refractivity contribution in [1.82, 2.24) is 5.32 Å². The van der Waals surface area contributed by atoms with Gasteiger partial charge in [0.15, 0.2) is 5.76 Å². The number of furan rings is 1. The lowest BCUT2D eigenvalue weighted by atomic mass is 9.81. The maximum Gasteiger partial charge on any atom is 0.319 e. The van der Waals surface area contributed by atoms with Crippen molar-refractivity contribution in [1.29, 1.82) is 0 Å². The van der Waals surface area contributed by atoms with Crippen LogP contribution in [0.3, 0.4) is 0 Å². The summed E-state index contributed by atoms with van der Waals surface area (Å²) < 4.78 is 10.9. The monoisotopic (exact) mass is 370 g/mol. The molecule has 2 aliphatic rings. The fourth-order valence-corrected chi connectivity index (χ4v) is 4.75. The number of fused-ring (bicyclic) bond motifs is 2. The van der Waals surface area contributed by atoms with Crippen LogP contribution < -0.4 is 20.3 Å². The van der Waals surface area contributed by atoms with Gasteiger partial charge in [0.1, 0.15) is 12.3 Å². The second kappa shape index (κ2) is 8.05. The number of ether oxygens (including phenoxy) is 1. The van der Waals surface area contributed by atoms with Gasteiger partial charge in [-0.3, -0.25) is 0 Å². The number of hydrogen-bond donors (Lipinski definition) is 3. The Balaban J connectivity index is 1.36. The predicted octanol–water partition coefficient (Wildman–Crippen LogP) is 2.58. The van der Waals surface area contributed by atoms with Crippen LogP contribution in [0.15, 0.2) is 47.1 Å². The number of benzene rings is 1. The molecule has 1 aromatic carbocycles. The van der Waals surface area contributed by atoms with E-state index in [4.69, 9.17) is 9.15 Å². The van der Waals surface area contributed by atoms with Crippen LogP contribution in [0.1, 0.15) is 37.9 Å². The molecule has 4 rings (SSSR count). The molecule has 2 atom stereocenters. The SMILES string of the molecule is COc1ccccc1NC(=O)NC1C[C@H]2CCC[C@H](C1)[NH+]2Cc1ccco1. The molecule has 6 heteroatoms. The second-order valence-electron chi connectivity index (χ2n) is 7.62. The summed E-state index contributed by atoms with van der Waals surface area (Å²) in [5.41, 5.74) is 0.693. The minimum atomic E-state index is -0.156. The summed E-state index contributed by atoms with van der Waals surface area (Å²) >= 11 is 0. The zero-order valence-corrected chi connectivity index (χ0v) is 15.7. The van der Waals surface area contributed by atoms with Gasteiger partial charge in [-0.2, -0.15) is 0 Å². The number of amides is 2. The molecule has 0 unspecified atom stereocenters. The Kier molecular flexibility index (Phi) is 5.34. The van der Waals surface area contributed by atoms with Gasteiger partial charge < -0.3 is 24.7 Å². The molecule has 3 N–H and O–H groups in total. The topological polar surface area (TPSA) is 67.9 Å². The Labute approximate surface area is 159 Å². The molecule has 2 amide bonds. The minimum absolute atomic E-state index is 0.156. The van der Waals surface area contributed by atoms with Crippen LogP contribution in [-0.4, -0.2) is 31.3 Å². The highest BCUT2D eigenvalue weighted by Crippen LogP contribution is 2.25. The van der Waals surface area contributed by atoms with Crippen molar-refractivity contribution in [3.05, 3.63) is 48.4 Å². The van der Waals surface area contributed by atoms with Crippen LogP contribution in [0, 0.1) is 0 Å². The molecule has 2 bridgehead atoms. The van der Waals surface area contributed by atoms with Crippen molar-refractivity contribution >= 4 is 11.7 Å². The van der Waals surface area contributed by atoms with Gasteiger partial charge in [-0.1, -0.05) is 12.1 Å². The minimum Gasteiger partial charge on any atom is -0.495 e. The van der Waals surface area contributed by atoms with E-state index >= 15 is 0 Å². The van der Waals surface area contributed by atoms with E-state index in [1.807, 2.05) is 30.3 Å². The van der Waals surface area contributed by atoms with E-state index in [9.17, 15) is 4.79 Å². The van der Waals surface area contributed by atoms with Crippen LogP contribution in [-0.2, 0) is 6.54 Å². The Morgan fingerprint density at radius 2 is 1.96 bits per heavy atom. The summed E-state index contributed by atoms with van der Waals surface area (Å²) in [6.45, 7) is 0.947. The first-order valence-corrected chi connectivity index (χ1v) is 9.81. The van der Waals surface area contributed by atoms with E-state index in [-0.39, 0.29) is 12.1 Å². The molecule has 6 nitrogen and oxygen atoms in total. The summed E-state index contributed by atoms with van der Waals surface area (Å²) in [5.74, 6) is 1.73. The van der Waals surface area contributed by atoms with E-state index < -0.39 is 0 Å². The van der Waals surface area contributed by atoms with Crippen LogP contribution in [0.4, 0.5) is 10.5 Å². The molecule has 1 aromatic heterocycles. The summed E-state index contributed by atoms with van der Waals surface area (Å²) in [6, 6.07) is 12.7. The lowest BCUT2D eigenvalue weighted by Gasteiger charge is -2.45. The van der Waals surface area contributed by atoms with Crippen LogP contribution >= 0.6 is 0 Å². The Bertz CT molecular complexity index is 748. The van der Waals surface area contributed by atoms with E-state index in [0.717, 1.165) is 25.1 Å². The van der Waals surface area contributed by atoms with Gasteiger partial charge >= 0.3 is 6.03 Å². The summed E-state index contributed by atoms with van der Waals surface area (Å²) in [6.07, 6.45) is 7.52. The Morgan fingerprint density at radius 3 is 2.67 bits per heavy atom. The standard InChI is InChI=1S/C21H27N3O3/c1-26-20-10-3-2-9-19(20)23-21(25)22-15-12-16-6-4-7-17(13-15)24(16)14-18-8-5-11-27-18/h2-3,5,8-11,15-17H,4,6-7,12-14H2,1H3,(H2,22,23,25)/p+1/t16-,17-/m1/s1. The van der Waals surface area contributed by atoms with Gasteiger partial charge in [-0.25, -0.2) is 4.79 Å². The average Bonchev–Trinajstić information content (AvgIpc) is 3.16. The van der Waals surface area contributed by atoms with E-state index in [0.29, 0.717) is 23.5 Å². The van der Waals surface area contributed by atoms with Crippen molar-refractivity contribution in [2.75, 3.05) is 12.4 Å². The largest absolute Gasteiger partial charge is 0.495 e. The third-order valence-corrected chi connectivity index (χ3v) is 5.94. The number of anilines is 1. The number of urea groups is 1. The average molecular weight is 370 g/mol. The molecule has 0 spiro atoms. The Hall–Kier alpha value is -2.47. The highest BCUT2D eigenvalue weighted by atomic mass is 16.5. The molecule has 3 heterocycles. The number of hydrogen-bond acceptors (Lipinski definition) is 3. The fourth-order valence-electron chi connectivity index (χ4n) is 4.75. The van der Waals surface area contributed by atoms with Crippen molar-refractivity contribution in [3.8, 4) is 5.75 Å². The number of piperidine rings is 2. The number of methoxy groups -OCH3 is 1. The van der Waals surface area contributed by atoms with Gasteiger partial charge in [0, 0.05) is 18.9 Å². The summed E-state index contributed by atoms with van der Waals surface area (Å²) in [7, 11) is 1.61. The van der Waals surface area contributed by atoms with Gasteiger partial charge in [0.05, 0.1) is 31.1 Å². The molecule has 0 radical (unpaired) electrons. The van der Waals surface area contributed by atoms with Gasteiger partial charge in [0.2, 0.25) is 0 Å². The number of rotatable bonds is 5. The van der Waals surface area contributed by atoms with Gasteiger partial charge in [0.25, 0.3) is 0 Å². The maximum absolute atomic E-state index is 12.5. The van der Waals surface area contributed by atoms with Crippen molar-refractivity contribution < 1.29 is 18.8 Å². The smallest absolute Gasteiger partial charge is 0.319 e. The number of quaternary nitrogens is 1. The third-order valence-electron chi connectivity index (χ3n) is 5.94. The zero-order chi connectivity index (χ0) is 18.6. The molecule has 27 heavy (non-hydrogen) atoms. The highest BCUT2D eigenvalue weighted by molar-refractivity contribution is 5.91. The molecule has 2 aromatic rings. The summed E-state index contributed by atoms with van der Waals surface area (Å²) in [4.78, 5) is 14.1. The summed E-state index contributed by atoms with van der Waals surface area (Å²) in [5, 5.41) is 6.11. The van der Waals surface area contributed by atoms with Crippen molar-refractivity contribution in [2.45, 2.75) is 56.8 Å². The molecule has 2 saturated heterocycles. The molecule has 2 aliphatic heterocycles. The predicted molar refractivity (Wildman–Crippen MR) is 103 cm³/mol. The van der Waals surface area contributed by atoms with Crippen LogP contribution in [0.5, 0.6) is 5.75 Å². The van der Waals surface area contributed by atoms with E-state index in [2.05, 4.69) is 16.7 Å². The van der Waals surface area contributed by atoms with E-state index in [1.54, 1.807) is 18.3 Å². The number of carbonyl (C=O) groups is 1. The van der Waals surface area contributed by atoms with Crippen LogP contribution in [0.2, 0.25) is 0 Å². The van der Waals surface area contributed by atoms with Crippen molar-refractivity contribution in [3.63, 3.8) is 0 Å². The zero-order valence-electron chi connectivity index (χ0n) is 15.7. The lowest BCUT2D eigenvalue weighted by Crippen LogP contribution is -3.20. The molecule has 0 aliphatic carbocycles. The third kappa shape index (κ3) is 4.11. The quantitative estimate of drug-likeness (QED) is 0.758. The van der Waals surface area contributed by atoms with Gasteiger partial charge in [-0.15, -0.1) is 0 Å². The van der Waals surface area contributed by atoms with E-state index in [1.165, 1.54) is 19.3 Å². The lowest BCUT2D eigenvalue weighted by molar-refractivity contribution is -0.974. The van der Waals surface area contributed by atoms with Crippen LogP contribution in [0.25, 0.3) is 0 Å². The molecule has 144 valence electrons. The molecule has 2 fully saturated rings. The first-order chi connectivity index (χ1) is 13.2. The number of carbonyl (C=O) groups excluding carboxylic acids is 1. The maximum atomic E-state index is 12.5. The second-order valence-corrected chi connectivity index (χ2v) is 7.62. The first-order valence-electron chi connectivity index (χ1n) is 9.81. The number of nitrogens with one attached hydrogen (secondary N) is 3. The molecular formula is C21H28N3O3+. The Morgan fingerprint density at radius 1 is 1.19 bits per heavy atom. The fraction of sp³-hybridized carbons (Fsp3) is 0.476. The normalized spacial score (nSPS) is 27.0. The number of para-hydroxylation sites is 2. The highest BCUT2D eigenvalue weighted by Gasteiger charge is 2.42. The molecule has 0 saturated carbocycles. The van der Waals surface area contributed by atoms with Crippen molar-refractivity contribution in [2.24, 2.45) is 0 Å². The first kappa shape index (κ1) is 17.9. The molecular weight excluding hydrogens is 342 g/mol. The van der Waals surface area contributed by atoms with Gasteiger partial charge in [-0.05, 0) is 43.5 Å².